The van der Waals surface area contributed by atoms with Crippen LogP contribution in [0.1, 0.15) is 19.4 Å². The summed E-state index contributed by atoms with van der Waals surface area (Å²) in [6.07, 6.45) is 3.59. The van der Waals surface area contributed by atoms with E-state index >= 15 is 0 Å². The first-order chi connectivity index (χ1) is 7.00. The van der Waals surface area contributed by atoms with Gasteiger partial charge in [-0.15, -0.1) is 0 Å². The van der Waals surface area contributed by atoms with Crippen molar-refractivity contribution in [3.05, 3.63) is 18.0 Å². The molecule has 1 aromatic rings. The molecule has 1 amide bonds. The Bertz CT molecular complexity index is 332. The fraction of sp³-hybridized carbons (Fsp3) is 0.600. The molecule has 5 heteroatoms. The van der Waals surface area contributed by atoms with Crippen molar-refractivity contribution in [2.75, 3.05) is 0 Å². The molecule has 0 aromatic carbocycles. The number of aromatic nitrogens is 2. The topological polar surface area (TPSA) is 72.9 Å². The number of nitrogens with one attached hydrogen (secondary N) is 1. The molecule has 3 N–H and O–H groups in total. The first-order valence-electron chi connectivity index (χ1n) is 5.01. The third-order valence-electron chi connectivity index (χ3n) is 2.25. The maximum absolute atomic E-state index is 11.5. The quantitative estimate of drug-likeness (QED) is 0.735. The number of hydrogen-bond donors (Lipinski definition) is 2. The zero-order valence-electron chi connectivity index (χ0n) is 9.40. The van der Waals surface area contributed by atoms with Gasteiger partial charge in [0.1, 0.15) is 0 Å². The number of hydrogen-bond acceptors (Lipinski definition) is 3. The molecule has 1 aromatic heterocycles. The Morgan fingerprint density at radius 3 is 2.80 bits per heavy atom. The van der Waals surface area contributed by atoms with Crippen molar-refractivity contribution in [1.82, 2.24) is 15.1 Å². The minimum atomic E-state index is -0.443. The van der Waals surface area contributed by atoms with Gasteiger partial charge in [-0.05, 0) is 5.92 Å². The van der Waals surface area contributed by atoms with Crippen molar-refractivity contribution in [2.24, 2.45) is 18.7 Å². The Kier molecular flexibility index (Phi) is 3.85. The molecule has 1 rings (SSSR count). The summed E-state index contributed by atoms with van der Waals surface area (Å²) in [4.78, 5) is 11.5. The molecule has 1 atom stereocenters. The Morgan fingerprint density at radius 2 is 2.33 bits per heavy atom. The molecule has 0 fully saturated rings. The second-order valence-electron chi connectivity index (χ2n) is 4.01. The number of amides is 1. The Hall–Kier alpha value is -1.36. The predicted octanol–water partition coefficient (Wildman–Crippen LogP) is 0.0196. The lowest BCUT2D eigenvalue weighted by Gasteiger charge is -2.14. The van der Waals surface area contributed by atoms with Crippen molar-refractivity contribution in [2.45, 2.75) is 26.4 Å². The highest BCUT2D eigenvalue weighted by molar-refractivity contribution is 5.81. The summed E-state index contributed by atoms with van der Waals surface area (Å²) in [5.74, 6) is 0.0350. The van der Waals surface area contributed by atoms with Gasteiger partial charge in [-0.1, -0.05) is 13.8 Å². The summed E-state index contributed by atoms with van der Waals surface area (Å²) in [5, 5.41) is 6.78. The minimum Gasteiger partial charge on any atom is -0.351 e. The van der Waals surface area contributed by atoms with Gasteiger partial charge in [-0.25, -0.2) is 0 Å². The van der Waals surface area contributed by atoms with E-state index < -0.39 is 6.04 Å². The minimum absolute atomic E-state index is 0.117. The number of carbonyl (C=O) groups is 1. The van der Waals surface area contributed by atoms with E-state index in [-0.39, 0.29) is 11.8 Å². The van der Waals surface area contributed by atoms with E-state index in [2.05, 4.69) is 10.4 Å². The summed E-state index contributed by atoms with van der Waals surface area (Å²) >= 11 is 0. The van der Waals surface area contributed by atoms with Gasteiger partial charge in [0.15, 0.2) is 0 Å². The van der Waals surface area contributed by atoms with Crippen LogP contribution in [0.4, 0.5) is 0 Å². The third kappa shape index (κ3) is 3.36. The Labute approximate surface area is 89.6 Å². The third-order valence-corrected chi connectivity index (χ3v) is 2.25. The second-order valence-corrected chi connectivity index (χ2v) is 4.01. The lowest BCUT2D eigenvalue weighted by Crippen LogP contribution is -2.43. The lowest BCUT2D eigenvalue weighted by molar-refractivity contribution is -0.123. The maximum atomic E-state index is 11.5. The molecule has 84 valence electrons. The van der Waals surface area contributed by atoms with Gasteiger partial charge < -0.3 is 11.1 Å². The fourth-order valence-corrected chi connectivity index (χ4v) is 1.17. The number of aryl methyl sites for hydroxylation is 1. The van der Waals surface area contributed by atoms with Crippen molar-refractivity contribution >= 4 is 5.91 Å². The zero-order chi connectivity index (χ0) is 11.4. The van der Waals surface area contributed by atoms with E-state index in [9.17, 15) is 4.79 Å². The molecular weight excluding hydrogens is 192 g/mol. The maximum Gasteiger partial charge on any atom is 0.237 e. The zero-order valence-corrected chi connectivity index (χ0v) is 9.40. The van der Waals surface area contributed by atoms with Gasteiger partial charge in [-0.3, -0.25) is 9.48 Å². The predicted molar refractivity (Wildman–Crippen MR) is 57.9 cm³/mol. The first-order valence-corrected chi connectivity index (χ1v) is 5.01. The van der Waals surface area contributed by atoms with Crippen LogP contribution in [0.5, 0.6) is 0 Å². The van der Waals surface area contributed by atoms with Crippen LogP contribution in [0.15, 0.2) is 12.4 Å². The molecule has 0 aliphatic rings. The average molecular weight is 210 g/mol. The Balaban J connectivity index is 2.40. The molecule has 1 heterocycles. The average Bonchev–Trinajstić information content (AvgIpc) is 2.59. The normalized spacial score (nSPS) is 12.9. The van der Waals surface area contributed by atoms with Gasteiger partial charge in [0.2, 0.25) is 5.91 Å². The molecular formula is C10H18N4O. The van der Waals surface area contributed by atoms with E-state index in [0.717, 1.165) is 5.56 Å². The Morgan fingerprint density at radius 1 is 1.67 bits per heavy atom. The lowest BCUT2D eigenvalue weighted by atomic mass is 10.1. The summed E-state index contributed by atoms with van der Waals surface area (Å²) in [7, 11) is 1.84. The van der Waals surface area contributed by atoms with Crippen LogP contribution in [0, 0.1) is 5.92 Å². The van der Waals surface area contributed by atoms with Crippen molar-refractivity contribution in [3.8, 4) is 0 Å². The largest absolute Gasteiger partial charge is 0.351 e. The van der Waals surface area contributed by atoms with E-state index in [4.69, 9.17) is 5.73 Å². The van der Waals surface area contributed by atoms with Gasteiger partial charge >= 0.3 is 0 Å². The molecule has 0 aliphatic carbocycles. The smallest absolute Gasteiger partial charge is 0.237 e. The van der Waals surface area contributed by atoms with Crippen LogP contribution in [0.25, 0.3) is 0 Å². The molecule has 0 radical (unpaired) electrons. The fourth-order valence-electron chi connectivity index (χ4n) is 1.17. The molecule has 0 unspecified atom stereocenters. The van der Waals surface area contributed by atoms with Crippen molar-refractivity contribution < 1.29 is 4.79 Å². The number of nitrogens with zero attached hydrogens (tertiary/aromatic N) is 2. The van der Waals surface area contributed by atoms with Gasteiger partial charge in [0.05, 0.1) is 12.2 Å². The summed E-state index contributed by atoms with van der Waals surface area (Å²) < 4.78 is 1.70. The van der Waals surface area contributed by atoms with E-state index in [1.165, 1.54) is 0 Å². The van der Waals surface area contributed by atoms with Crippen LogP contribution in [0.3, 0.4) is 0 Å². The van der Waals surface area contributed by atoms with E-state index in [1.54, 1.807) is 10.9 Å². The highest BCUT2D eigenvalue weighted by atomic mass is 16.2. The van der Waals surface area contributed by atoms with E-state index in [0.29, 0.717) is 6.54 Å². The van der Waals surface area contributed by atoms with Crippen LogP contribution < -0.4 is 11.1 Å². The summed E-state index contributed by atoms with van der Waals surface area (Å²) in [6.45, 7) is 4.33. The summed E-state index contributed by atoms with van der Waals surface area (Å²) in [6, 6.07) is -0.443. The summed E-state index contributed by atoms with van der Waals surface area (Å²) in [5.41, 5.74) is 6.67. The van der Waals surface area contributed by atoms with Crippen LogP contribution in [-0.2, 0) is 18.4 Å². The van der Waals surface area contributed by atoms with Gasteiger partial charge in [0.25, 0.3) is 0 Å². The second kappa shape index (κ2) is 4.93. The number of nitrogens with two attached hydrogens (primary N) is 1. The molecule has 5 nitrogen and oxygen atoms in total. The number of rotatable bonds is 4. The first kappa shape index (κ1) is 11.7. The van der Waals surface area contributed by atoms with Crippen molar-refractivity contribution in [3.63, 3.8) is 0 Å². The van der Waals surface area contributed by atoms with Crippen LogP contribution in [0.2, 0.25) is 0 Å². The molecule has 0 aliphatic heterocycles. The van der Waals surface area contributed by atoms with Crippen LogP contribution >= 0.6 is 0 Å². The van der Waals surface area contributed by atoms with E-state index in [1.807, 2.05) is 27.1 Å². The molecule has 0 saturated carbocycles. The van der Waals surface area contributed by atoms with Crippen molar-refractivity contribution in [1.29, 1.82) is 0 Å². The highest BCUT2D eigenvalue weighted by Gasteiger charge is 2.16. The molecule has 0 bridgehead atoms. The molecule has 0 spiro atoms. The monoisotopic (exact) mass is 210 g/mol. The van der Waals surface area contributed by atoms with Gasteiger partial charge in [-0.2, -0.15) is 5.10 Å². The number of carbonyl (C=O) groups excluding carboxylic acids is 1. The van der Waals surface area contributed by atoms with Crippen LogP contribution in [-0.4, -0.2) is 21.7 Å². The molecule has 0 saturated heterocycles. The SMILES string of the molecule is CC(C)[C@H](N)C(=O)NCc1cnn(C)c1. The standard InChI is InChI=1S/C10H18N4O/c1-7(2)9(11)10(15)12-4-8-5-13-14(3)6-8/h5-7,9H,4,11H2,1-3H3,(H,12,15)/t9-/m0/s1. The van der Waals surface area contributed by atoms with Gasteiger partial charge in [0, 0.05) is 25.4 Å². The highest BCUT2D eigenvalue weighted by Crippen LogP contribution is 1.99. The molecule has 15 heavy (non-hydrogen) atoms.